The van der Waals surface area contributed by atoms with E-state index in [2.05, 4.69) is 25.9 Å². The van der Waals surface area contributed by atoms with Gasteiger partial charge in [-0.2, -0.15) is 0 Å². The summed E-state index contributed by atoms with van der Waals surface area (Å²) in [7, 11) is 0. The summed E-state index contributed by atoms with van der Waals surface area (Å²) in [6, 6.07) is 5.10. The molecule has 2 heterocycles. The van der Waals surface area contributed by atoms with Gasteiger partial charge < -0.3 is 16.0 Å². The molecular weight excluding hydrogens is 357 g/mol. The summed E-state index contributed by atoms with van der Waals surface area (Å²) in [5.41, 5.74) is 7.59. The van der Waals surface area contributed by atoms with E-state index >= 15 is 0 Å². The van der Waals surface area contributed by atoms with Crippen LogP contribution in [0.1, 0.15) is 37.9 Å². The van der Waals surface area contributed by atoms with E-state index in [-0.39, 0.29) is 12.2 Å². The highest BCUT2D eigenvalue weighted by molar-refractivity contribution is 5.66. The topological polar surface area (TPSA) is 84.1 Å². The molecule has 0 bridgehead atoms. The lowest BCUT2D eigenvalue weighted by Crippen LogP contribution is -2.26. The fourth-order valence-corrected chi connectivity index (χ4v) is 2.98. The van der Waals surface area contributed by atoms with Crippen molar-refractivity contribution in [1.29, 1.82) is 0 Å². The number of anilines is 1. The number of hydrogen-bond donors (Lipinski definition) is 2. The maximum absolute atomic E-state index is 13.4. The second kappa shape index (κ2) is 12.8. The first kappa shape index (κ1) is 23.5. The fraction of sp³-hybridized carbons (Fsp3) is 0.476. The van der Waals surface area contributed by atoms with Crippen molar-refractivity contribution in [3.8, 4) is 11.1 Å². The first-order valence-electron chi connectivity index (χ1n) is 9.77. The highest BCUT2D eigenvalue weighted by Gasteiger charge is 2.11. The summed E-state index contributed by atoms with van der Waals surface area (Å²) in [5, 5.41) is 3.29. The Balaban J connectivity index is 0.000000717. The van der Waals surface area contributed by atoms with Crippen LogP contribution in [0.2, 0.25) is 0 Å². The number of aromatic nitrogens is 2. The van der Waals surface area contributed by atoms with Gasteiger partial charge in [0.05, 0.1) is 5.69 Å². The van der Waals surface area contributed by atoms with E-state index in [1.807, 2.05) is 33.0 Å². The predicted octanol–water partition coefficient (Wildman–Crippen LogP) is 3.53. The van der Waals surface area contributed by atoms with Gasteiger partial charge in [0.2, 0.25) is 12.4 Å². The van der Waals surface area contributed by atoms with E-state index in [1.54, 1.807) is 13.0 Å². The molecule has 28 heavy (non-hydrogen) atoms. The van der Waals surface area contributed by atoms with E-state index in [1.165, 1.54) is 32.0 Å². The summed E-state index contributed by atoms with van der Waals surface area (Å²) >= 11 is 0. The van der Waals surface area contributed by atoms with Crippen molar-refractivity contribution in [2.45, 2.75) is 40.5 Å². The quantitative estimate of drug-likeness (QED) is 0.764. The zero-order valence-electron chi connectivity index (χ0n) is 17.3. The molecule has 1 aliphatic rings. The molecule has 0 atom stereocenters. The van der Waals surface area contributed by atoms with Gasteiger partial charge in [-0.15, -0.1) is 0 Å². The maximum atomic E-state index is 13.4. The van der Waals surface area contributed by atoms with Gasteiger partial charge in [-0.05, 0) is 63.0 Å². The molecular formula is C21H32FN5O. The molecule has 1 amide bonds. The molecule has 6 nitrogen and oxygen atoms in total. The minimum Gasteiger partial charge on any atom is -0.372 e. The van der Waals surface area contributed by atoms with Gasteiger partial charge in [0.25, 0.3) is 0 Å². The second-order valence-electron chi connectivity index (χ2n) is 6.27. The van der Waals surface area contributed by atoms with Crippen LogP contribution < -0.4 is 11.1 Å². The Kier molecular flexibility index (Phi) is 10.7. The van der Waals surface area contributed by atoms with Crippen LogP contribution in [0.3, 0.4) is 0 Å². The van der Waals surface area contributed by atoms with E-state index in [0.29, 0.717) is 11.5 Å². The number of halogens is 1. The van der Waals surface area contributed by atoms with Crippen molar-refractivity contribution in [2.75, 3.05) is 31.5 Å². The maximum Gasteiger partial charge on any atom is 0.222 e. The molecule has 0 unspecified atom stereocenters. The summed E-state index contributed by atoms with van der Waals surface area (Å²) in [6.07, 6.45) is 4.68. The number of aryl methyl sites for hydroxylation is 2. The number of amides is 1. The third kappa shape index (κ3) is 7.23. The molecule has 154 valence electrons. The molecule has 1 aromatic carbocycles. The highest BCUT2D eigenvalue weighted by Crippen LogP contribution is 2.24. The minimum absolute atomic E-state index is 0.187. The highest BCUT2D eigenvalue weighted by atomic mass is 19.1. The van der Waals surface area contributed by atoms with Crippen LogP contribution in [-0.2, 0) is 4.79 Å². The SMILES string of the molecule is CC.Cc1cc(-c2cnc(NCCN3CCCC3)nc2C)ccc1F.NC=O. The van der Waals surface area contributed by atoms with Gasteiger partial charge in [0.1, 0.15) is 5.82 Å². The number of benzene rings is 1. The zero-order valence-corrected chi connectivity index (χ0v) is 17.3. The average Bonchev–Trinajstić information content (AvgIpc) is 3.20. The molecule has 2 aromatic rings. The van der Waals surface area contributed by atoms with Gasteiger partial charge in [-0.25, -0.2) is 14.4 Å². The Hall–Kier alpha value is -2.54. The largest absolute Gasteiger partial charge is 0.372 e. The standard InChI is InChI=1S/C18H23FN4.C2H6.CH3NO/c1-13-11-15(5-6-17(13)19)16-12-21-18(22-14(16)2)20-7-10-23-8-3-4-9-23;1-2;2-1-3/h5-6,11-12H,3-4,7-10H2,1-2H3,(H,20,21,22);1-2H3;1H,(H2,2,3). The van der Waals surface area contributed by atoms with E-state index in [0.717, 1.165) is 29.9 Å². The number of likely N-dealkylation sites (tertiary alicyclic amines) is 1. The van der Waals surface area contributed by atoms with Gasteiger partial charge in [0.15, 0.2) is 0 Å². The predicted molar refractivity (Wildman–Crippen MR) is 113 cm³/mol. The number of rotatable bonds is 5. The molecule has 1 aliphatic heterocycles. The molecule has 1 saturated heterocycles. The summed E-state index contributed by atoms with van der Waals surface area (Å²) in [5.74, 6) is 0.469. The van der Waals surface area contributed by atoms with E-state index < -0.39 is 0 Å². The van der Waals surface area contributed by atoms with Crippen LogP contribution in [0.4, 0.5) is 10.3 Å². The first-order valence-corrected chi connectivity index (χ1v) is 9.77. The molecule has 1 aromatic heterocycles. The van der Waals surface area contributed by atoms with Crippen LogP contribution in [0.25, 0.3) is 11.1 Å². The number of nitrogens with zero attached hydrogens (tertiary/aromatic N) is 3. The Morgan fingerprint density at radius 2 is 1.89 bits per heavy atom. The molecule has 1 fully saturated rings. The van der Waals surface area contributed by atoms with Crippen molar-refractivity contribution >= 4 is 12.4 Å². The lowest BCUT2D eigenvalue weighted by molar-refractivity contribution is -0.106. The number of carbonyl (C=O) groups excluding carboxylic acids is 1. The molecule has 0 aliphatic carbocycles. The Morgan fingerprint density at radius 3 is 2.46 bits per heavy atom. The number of nitrogens with two attached hydrogens (primary N) is 1. The molecule has 7 heteroatoms. The van der Waals surface area contributed by atoms with Crippen LogP contribution in [0.15, 0.2) is 24.4 Å². The van der Waals surface area contributed by atoms with Crippen LogP contribution in [-0.4, -0.2) is 47.5 Å². The van der Waals surface area contributed by atoms with Crippen molar-refractivity contribution in [3.05, 3.63) is 41.5 Å². The first-order chi connectivity index (χ1) is 13.5. The van der Waals surface area contributed by atoms with Crippen molar-refractivity contribution in [1.82, 2.24) is 14.9 Å². The third-order valence-electron chi connectivity index (χ3n) is 4.36. The lowest BCUT2D eigenvalue weighted by Gasteiger charge is -2.15. The molecule has 0 radical (unpaired) electrons. The van der Waals surface area contributed by atoms with Crippen LogP contribution in [0, 0.1) is 19.7 Å². The van der Waals surface area contributed by atoms with Crippen LogP contribution in [0.5, 0.6) is 0 Å². The lowest BCUT2D eigenvalue weighted by atomic mass is 10.0. The van der Waals surface area contributed by atoms with Gasteiger partial charge in [0, 0.05) is 24.8 Å². The normalized spacial score (nSPS) is 13.0. The number of nitrogens with one attached hydrogen (secondary N) is 1. The summed E-state index contributed by atoms with van der Waals surface area (Å²) < 4.78 is 13.4. The number of primary amides is 1. The Bertz CT molecular complexity index is 733. The van der Waals surface area contributed by atoms with Crippen LogP contribution >= 0.6 is 0 Å². The number of hydrogen-bond acceptors (Lipinski definition) is 5. The van der Waals surface area contributed by atoms with Gasteiger partial charge in [-0.1, -0.05) is 19.9 Å². The van der Waals surface area contributed by atoms with Gasteiger partial charge in [-0.3, -0.25) is 4.79 Å². The zero-order chi connectivity index (χ0) is 20.9. The van der Waals surface area contributed by atoms with E-state index in [4.69, 9.17) is 4.79 Å². The molecule has 0 spiro atoms. The Morgan fingerprint density at radius 1 is 1.25 bits per heavy atom. The summed E-state index contributed by atoms with van der Waals surface area (Å²) in [6.45, 7) is 12.0. The number of carbonyl (C=O) groups is 1. The fourth-order valence-electron chi connectivity index (χ4n) is 2.98. The minimum atomic E-state index is -0.187. The summed E-state index contributed by atoms with van der Waals surface area (Å²) in [4.78, 5) is 20.0. The van der Waals surface area contributed by atoms with Crippen molar-refractivity contribution in [3.63, 3.8) is 0 Å². The Labute approximate surface area is 167 Å². The monoisotopic (exact) mass is 389 g/mol. The third-order valence-corrected chi connectivity index (χ3v) is 4.36. The smallest absolute Gasteiger partial charge is 0.222 e. The molecule has 3 rings (SSSR count). The molecule has 0 saturated carbocycles. The average molecular weight is 390 g/mol. The van der Waals surface area contributed by atoms with E-state index in [9.17, 15) is 4.39 Å². The molecule has 3 N–H and O–H groups in total. The van der Waals surface area contributed by atoms with Crippen molar-refractivity contribution in [2.24, 2.45) is 5.73 Å². The second-order valence-corrected chi connectivity index (χ2v) is 6.27. The van der Waals surface area contributed by atoms with Gasteiger partial charge >= 0.3 is 0 Å². The van der Waals surface area contributed by atoms with Crippen molar-refractivity contribution < 1.29 is 9.18 Å².